The smallest absolute Gasteiger partial charge is 0.289 e. The summed E-state index contributed by atoms with van der Waals surface area (Å²) in [6, 6.07) is 11.4. The van der Waals surface area contributed by atoms with Crippen molar-refractivity contribution in [3.05, 3.63) is 72.2 Å². The van der Waals surface area contributed by atoms with Crippen molar-refractivity contribution < 1.29 is 13.9 Å². The number of hydrogen-bond donors (Lipinski definition) is 0. The van der Waals surface area contributed by atoms with Gasteiger partial charge in [0.25, 0.3) is 5.91 Å². The fourth-order valence-electron chi connectivity index (χ4n) is 3.16. The van der Waals surface area contributed by atoms with E-state index in [2.05, 4.69) is 15.6 Å². The van der Waals surface area contributed by atoms with Crippen LogP contribution in [0.25, 0.3) is 0 Å². The molecule has 27 heavy (non-hydrogen) atoms. The Morgan fingerprint density at radius 2 is 2.22 bits per heavy atom. The Balaban J connectivity index is 1.52. The molecule has 140 valence electrons. The van der Waals surface area contributed by atoms with Crippen LogP contribution in [0.3, 0.4) is 0 Å². The number of rotatable bonds is 8. The van der Waals surface area contributed by atoms with Gasteiger partial charge in [-0.3, -0.25) is 4.79 Å². The van der Waals surface area contributed by atoms with Crippen molar-refractivity contribution in [2.24, 2.45) is 5.92 Å². The van der Waals surface area contributed by atoms with E-state index in [1.165, 1.54) is 19.1 Å². The molecule has 0 unspecified atom stereocenters. The van der Waals surface area contributed by atoms with E-state index in [4.69, 9.17) is 9.15 Å². The standard InChI is InChI=1S/C21H23N3O3/c1-26-18-5-2-4-17(12-18)14-23-10-9-22-20(23)15-24(13-16-7-8-16)21(25)19-6-3-11-27-19/h2-6,9-12,16H,7-8,13-15H2,1H3. The van der Waals surface area contributed by atoms with Gasteiger partial charge in [-0.2, -0.15) is 0 Å². The summed E-state index contributed by atoms with van der Waals surface area (Å²) in [6.45, 7) is 1.89. The second-order valence-corrected chi connectivity index (χ2v) is 6.93. The van der Waals surface area contributed by atoms with E-state index in [0.29, 0.717) is 24.8 Å². The summed E-state index contributed by atoms with van der Waals surface area (Å²) in [5, 5.41) is 0. The second-order valence-electron chi connectivity index (χ2n) is 6.93. The number of aromatic nitrogens is 2. The largest absolute Gasteiger partial charge is 0.497 e. The van der Waals surface area contributed by atoms with Crippen LogP contribution in [-0.4, -0.2) is 34.0 Å². The van der Waals surface area contributed by atoms with Crippen molar-refractivity contribution in [1.82, 2.24) is 14.5 Å². The van der Waals surface area contributed by atoms with Gasteiger partial charge in [-0.15, -0.1) is 0 Å². The van der Waals surface area contributed by atoms with Crippen LogP contribution in [0.2, 0.25) is 0 Å². The number of methoxy groups -OCH3 is 1. The summed E-state index contributed by atoms with van der Waals surface area (Å²) in [7, 11) is 1.66. The third-order valence-electron chi connectivity index (χ3n) is 4.82. The lowest BCUT2D eigenvalue weighted by atomic mass is 10.2. The van der Waals surface area contributed by atoms with E-state index in [-0.39, 0.29) is 5.91 Å². The quantitative estimate of drug-likeness (QED) is 0.612. The van der Waals surface area contributed by atoms with Crippen LogP contribution < -0.4 is 4.74 Å². The van der Waals surface area contributed by atoms with E-state index in [1.807, 2.05) is 29.3 Å². The van der Waals surface area contributed by atoms with Crippen LogP contribution in [0.4, 0.5) is 0 Å². The minimum absolute atomic E-state index is 0.0807. The zero-order valence-electron chi connectivity index (χ0n) is 15.4. The molecule has 0 spiro atoms. The van der Waals surface area contributed by atoms with Gasteiger partial charge >= 0.3 is 0 Å². The molecule has 0 N–H and O–H groups in total. The maximum atomic E-state index is 12.8. The lowest BCUT2D eigenvalue weighted by Gasteiger charge is -2.22. The first-order valence-corrected chi connectivity index (χ1v) is 9.18. The number of amides is 1. The highest BCUT2D eigenvalue weighted by Gasteiger charge is 2.29. The molecular formula is C21H23N3O3. The monoisotopic (exact) mass is 365 g/mol. The van der Waals surface area contributed by atoms with Gasteiger partial charge in [0.15, 0.2) is 5.76 Å². The Labute approximate surface area is 158 Å². The first-order valence-electron chi connectivity index (χ1n) is 9.18. The van der Waals surface area contributed by atoms with Crippen LogP contribution in [0, 0.1) is 5.92 Å². The molecule has 0 radical (unpaired) electrons. The van der Waals surface area contributed by atoms with Crippen molar-refractivity contribution >= 4 is 5.91 Å². The summed E-state index contributed by atoms with van der Waals surface area (Å²) >= 11 is 0. The van der Waals surface area contributed by atoms with E-state index in [1.54, 1.807) is 25.4 Å². The highest BCUT2D eigenvalue weighted by atomic mass is 16.5. The third-order valence-corrected chi connectivity index (χ3v) is 4.82. The van der Waals surface area contributed by atoms with Gasteiger partial charge in [0, 0.05) is 25.5 Å². The van der Waals surface area contributed by atoms with Crippen molar-refractivity contribution in [3.8, 4) is 5.75 Å². The molecule has 2 heterocycles. The Morgan fingerprint density at radius 1 is 1.33 bits per heavy atom. The summed E-state index contributed by atoms with van der Waals surface area (Å²) < 4.78 is 12.7. The molecule has 1 saturated carbocycles. The van der Waals surface area contributed by atoms with E-state index < -0.39 is 0 Å². The van der Waals surface area contributed by atoms with Crippen molar-refractivity contribution in [1.29, 1.82) is 0 Å². The Hall–Kier alpha value is -3.02. The molecule has 6 nitrogen and oxygen atoms in total. The summed E-state index contributed by atoms with van der Waals surface area (Å²) in [4.78, 5) is 19.2. The molecule has 0 atom stereocenters. The van der Waals surface area contributed by atoms with Crippen LogP contribution in [-0.2, 0) is 13.1 Å². The van der Waals surface area contributed by atoms with Crippen LogP contribution in [0.1, 0.15) is 34.8 Å². The number of carbonyl (C=O) groups is 1. The Kier molecular flexibility index (Phi) is 4.96. The predicted molar refractivity (Wildman–Crippen MR) is 100 cm³/mol. The number of benzene rings is 1. The normalized spacial score (nSPS) is 13.5. The molecule has 1 aliphatic carbocycles. The van der Waals surface area contributed by atoms with Gasteiger partial charge in [-0.1, -0.05) is 12.1 Å². The van der Waals surface area contributed by atoms with E-state index >= 15 is 0 Å². The predicted octanol–water partition coefficient (Wildman–Crippen LogP) is 3.59. The van der Waals surface area contributed by atoms with E-state index in [0.717, 1.165) is 23.7 Å². The highest BCUT2D eigenvalue weighted by Crippen LogP contribution is 2.30. The lowest BCUT2D eigenvalue weighted by Crippen LogP contribution is -2.33. The molecule has 1 aromatic carbocycles. The summed E-state index contributed by atoms with van der Waals surface area (Å²) in [6.07, 6.45) is 7.62. The Morgan fingerprint density at radius 3 is 2.96 bits per heavy atom. The van der Waals surface area contributed by atoms with Gasteiger partial charge in [0.05, 0.1) is 19.9 Å². The van der Waals surface area contributed by atoms with Crippen LogP contribution in [0.15, 0.2) is 59.5 Å². The topological polar surface area (TPSA) is 60.5 Å². The zero-order valence-corrected chi connectivity index (χ0v) is 15.4. The fraction of sp³-hybridized carbons (Fsp3) is 0.333. The molecule has 3 aromatic rings. The molecule has 1 aliphatic rings. The maximum absolute atomic E-state index is 12.8. The summed E-state index contributed by atoms with van der Waals surface area (Å²) in [5.41, 5.74) is 1.12. The summed E-state index contributed by atoms with van der Waals surface area (Å²) in [5.74, 6) is 2.57. The lowest BCUT2D eigenvalue weighted by molar-refractivity contribution is 0.0696. The first kappa shape index (κ1) is 17.4. The number of carbonyl (C=O) groups excluding carboxylic acids is 1. The highest BCUT2D eigenvalue weighted by molar-refractivity contribution is 5.91. The minimum atomic E-state index is -0.0807. The molecule has 4 rings (SSSR count). The van der Waals surface area contributed by atoms with Crippen LogP contribution in [0.5, 0.6) is 5.75 Å². The maximum Gasteiger partial charge on any atom is 0.289 e. The molecule has 1 amide bonds. The van der Waals surface area contributed by atoms with Gasteiger partial charge in [0.2, 0.25) is 0 Å². The number of hydrogen-bond acceptors (Lipinski definition) is 4. The second kappa shape index (κ2) is 7.70. The minimum Gasteiger partial charge on any atom is -0.497 e. The number of nitrogens with zero attached hydrogens (tertiary/aromatic N) is 3. The average molecular weight is 365 g/mol. The fourth-order valence-corrected chi connectivity index (χ4v) is 3.16. The molecule has 0 saturated heterocycles. The zero-order chi connectivity index (χ0) is 18.6. The number of imidazole rings is 1. The van der Waals surface area contributed by atoms with Crippen LogP contribution >= 0.6 is 0 Å². The molecule has 0 bridgehead atoms. The van der Waals surface area contributed by atoms with E-state index in [9.17, 15) is 4.79 Å². The molecular weight excluding hydrogens is 342 g/mol. The molecule has 1 fully saturated rings. The first-order chi connectivity index (χ1) is 13.2. The average Bonchev–Trinajstić information content (AvgIpc) is 3.15. The van der Waals surface area contributed by atoms with Gasteiger partial charge in [0.1, 0.15) is 11.6 Å². The van der Waals surface area contributed by atoms with Crippen molar-refractivity contribution in [2.75, 3.05) is 13.7 Å². The van der Waals surface area contributed by atoms with Gasteiger partial charge < -0.3 is 18.6 Å². The Bertz CT molecular complexity index is 897. The van der Waals surface area contributed by atoms with Gasteiger partial charge in [-0.05, 0) is 48.6 Å². The molecule has 2 aromatic heterocycles. The molecule has 0 aliphatic heterocycles. The molecule has 6 heteroatoms. The van der Waals surface area contributed by atoms with Crippen molar-refractivity contribution in [3.63, 3.8) is 0 Å². The van der Waals surface area contributed by atoms with Gasteiger partial charge in [-0.25, -0.2) is 4.98 Å². The SMILES string of the molecule is COc1cccc(Cn2ccnc2CN(CC2CC2)C(=O)c2ccco2)c1. The number of furan rings is 1. The number of ether oxygens (including phenoxy) is 1. The van der Waals surface area contributed by atoms with Crippen molar-refractivity contribution in [2.45, 2.75) is 25.9 Å². The third kappa shape index (κ3) is 4.22.